The van der Waals surface area contributed by atoms with Crippen molar-refractivity contribution >= 4 is 12.1 Å². The maximum absolute atomic E-state index is 12.1. The molecule has 0 spiro atoms. The van der Waals surface area contributed by atoms with Gasteiger partial charge in [0, 0.05) is 5.92 Å². The van der Waals surface area contributed by atoms with Crippen LogP contribution in [0.3, 0.4) is 0 Å². The number of aliphatic carboxylic acids is 1. The van der Waals surface area contributed by atoms with Gasteiger partial charge in [-0.2, -0.15) is 0 Å². The molecule has 2 N–H and O–H groups in total. The fraction of sp³-hybridized carbons (Fsp3) is 0.200. The summed E-state index contributed by atoms with van der Waals surface area (Å²) in [5, 5.41) is 11.5. The van der Waals surface area contributed by atoms with Crippen LogP contribution in [0.15, 0.2) is 61.2 Å². The monoisotopic (exact) mass is 337 g/mol. The molecule has 0 fully saturated rings. The Morgan fingerprint density at radius 2 is 1.68 bits per heavy atom. The van der Waals surface area contributed by atoms with Crippen molar-refractivity contribution in [2.45, 2.75) is 18.4 Å². The number of carboxylic acids is 1. The quantitative estimate of drug-likeness (QED) is 0.818. The van der Waals surface area contributed by atoms with E-state index in [9.17, 15) is 14.7 Å². The highest BCUT2D eigenvalue weighted by molar-refractivity contribution is 5.86. The van der Waals surface area contributed by atoms with E-state index in [4.69, 9.17) is 4.74 Å². The number of rotatable bonds is 5. The Kier molecular flexibility index (Phi) is 4.31. The number of ether oxygens (including phenoxy) is 1. The molecule has 0 unspecified atom stereocenters. The van der Waals surface area contributed by atoms with Gasteiger partial charge < -0.3 is 15.2 Å². The normalized spacial score (nSPS) is 14.8. The fourth-order valence-electron chi connectivity index (χ4n) is 3.04. The highest BCUT2D eigenvalue weighted by Crippen LogP contribution is 2.44. The highest BCUT2D eigenvalue weighted by atomic mass is 16.5. The third kappa shape index (κ3) is 3.01. The third-order valence-electron chi connectivity index (χ3n) is 4.56. The number of fused-ring (bicyclic) bond motifs is 3. The SMILES string of the molecule is C=C[C@](C)(NC(=O)OCC1c2ccccc2-c2ccccc21)C(=O)O. The number of nitrogens with one attached hydrogen (secondary N) is 1. The molecule has 0 heterocycles. The minimum atomic E-state index is -1.57. The Bertz CT molecular complexity index is 800. The maximum Gasteiger partial charge on any atom is 0.408 e. The van der Waals surface area contributed by atoms with Gasteiger partial charge in [-0.25, -0.2) is 9.59 Å². The van der Waals surface area contributed by atoms with Gasteiger partial charge in [-0.3, -0.25) is 0 Å². The minimum absolute atomic E-state index is 0.0713. The third-order valence-corrected chi connectivity index (χ3v) is 4.56. The zero-order valence-electron chi connectivity index (χ0n) is 13.9. The maximum atomic E-state index is 12.1. The van der Waals surface area contributed by atoms with E-state index in [1.165, 1.54) is 6.92 Å². The van der Waals surface area contributed by atoms with Crippen molar-refractivity contribution in [3.05, 3.63) is 72.3 Å². The highest BCUT2D eigenvalue weighted by Gasteiger charge is 2.33. The number of carboxylic acid groups (broad SMARTS) is 1. The number of carbonyl (C=O) groups excluding carboxylic acids is 1. The lowest BCUT2D eigenvalue weighted by Crippen LogP contribution is -2.50. The molecule has 0 aromatic heterocycles. The summed E-state index contributed by atoms with van der Waals surface area (Å²) in [5.41, 5.74) is 2.90. The average molecular weight is 337 g/mol. The molecule has 5 heteroatoms. The van der Waals surface area contributed by atoms with Crippen molar-refractivity contribution in [1.82, 2.24) is 5.32 Å². The van der Waals surface area contributed by atoms with Crippen LogP contribution in [0, 0.1) is 0 Å². The van der Waals surface area contributed by atoms with Gasteiger partial charge in [0.1, 0.15) is 6.61 Å². The van der Waals surface area contributed by atoms with E-state index in [0.717, 1.165) is 28.3 Å². The summed E-state index contributed by atoms with van der Waals surface area (Å²) in [5.74, 6) is -1.27. The number of carbonyl (C=O) groups is 2. The Morgan fingerprint density at radius 1 is 1.16 bits per heavy atom. The second-order valence-corrected chi connectivity index (χ2v) is 6.16. The largest absolute Gasteiger partial charge is 0.479 e. The van der Waals surface area contributed by atoms with Gasteiger partial charge >= 0.3 is 12.1 Å². The number of alkyl carbamates (subject to hydrolysis) is 1. The second kappa shape index (κ2) is 6.43. The Balaban J connectivity index is 1.77. The summed E-state index contributed by atoms with van der Waals surface area (Å²) in [4.78, 5) is 23.3. The molecule has 2 aromatic carbocycles. The van der Waals surface area contributed by atoms with Gasteiger partial charge in [0.05, 0.1) is 0 Å². The van der Waals surface area contributed by atoms with Crippen LogP contribution in [-0.2, 0) is 9.53 Å². The molecule has 0 saturated carbocycles. The van der Waals surface area contributed by atoms with E-state index in [0.29, 0.717) is 0 Å². The summed E-state index contributed by atoms with van der Waals surface area (Å²) >= 11 is 0. The molecule has 1 amide bonds. The van der Waals surface area contributed by atoms with Gasteiger partial charge in [0.25, 0.3) is 0 Å². The molecule has 128 valence electrons. The minimum Gasteiger partial charge on any atom is -0.479 e. The molecule has 25 heavy (non-hydrogen) atoms. The van der Waals surface area contributed by atoms with Crippen LogP contribution < -0.4 is 5.32 Å². The van der Waals surface area contributed by atoms with Crippen LogP contribution in [-0.4, -0.2) is 29.3 Å². The second-order valence-electron chi connectivity index (χ2n) is 6.16. The molecule has 5 nitrogen and oxygen atoms in total. The molecule has 0 aliphatic heterocycles. The first-order chi connectivity index (χ1) is 12.0. The molecule has 2 aromatic rings. The number of hydrogen-bond donors (Lipinski definition) is 2. The predicted octanol–water partition coefficient (Wildman–Crippen LogP) is 3.55. The summed E-state index contributed by atoms with van der Waals surface area (Å²) in [6, 6.07) is 16.0. The van der Waals surface area contributed by atoms with Crippen LogP contribution in [0.1, 0.15) is 24.0 Å². The molecule has 0 radical (unpaired) electrons. The van der Waals surface area contributed by atoms with Crippen LogP contribution in [0.25, 0.3) is 11.1 Å². The lowest BCUT2D eigenvalue weighted by atomic mass is 9.98. The molecule has 1 aliphatic rings. The van der Waals surface area contributed by atoms with E-state index in [1.54, 1.807) is 0 Å². The number of amides is 1. The molecule has 0 bridgehead atoms. The van der Waals surface area contributed by atoms with Gasteiger partial charge in [-0.05, 0) is 29.2 Å². The van der Waals surface area contributed by atoms with Crippen LogP contribution in [0.2, 0.25) is 0 Å². The summed E-state index contributed by atoms with van der Waals surface area (Å²) in [6.45, 7) is 4.94. The van der Waals surface area contributed by atoms with Gasteiger partial charge in [0.15, 0.2) is 5.54 Å². The summed E-state index contributed by atoms with van der Waals surface area (Å²) in [6.07, 6.45) is 0.378. The molecule has 1 atom stereocenters. The van der Waals surface area contributed by atoms with Gasteiger partial charge in [-0.15, -0.1) is 6.58 Å². The number of benzene rings is 2. The van der Waals surface area contributed by atoms with Crippen LogP contribution >= 0.6 is 0 Å². The lowest BCUT2D eigenvalue weighted by molar-refractivity contribution is -0.141. The zero-order valence-corrected chi connectivity index (χ0v) is 13.9. The van der Waals surface area contributed by atoms with E-state index in [-0.39, 0.29) is 12.5 Å². The standard InChI is InChI=1S/C20H19NO4/c1-3-20(2,18(22)23)21-19(24)25-12-17-15-10-6-4-8-13(15)14-9-5-7-11-16(14)17/h3-11,17H,1,12H2,2H3,(H,21,24)(H,22,23)/t20-/m0/s1. The van der Waals surface area contributed by atoms with Crippen molar-refractivity contribution in [2.75, 3.05) is 6.61 Å². The summed E-state index contributed by atoms with van der Waals surface area (Å²) < 4.78 is 5.33. The molecule has 0 saturated heterocycles. The Morgan fingerprint density at radius 3 is 2.16 bits per heavy atom. The van der Waals surface area contributed by atoms with Crippen molar-refractivity contribution in [1.29, 1.82) is 0 Å². The first-order valence-corrected chi connectivity index (χ1v) is 7.96. The Labute approximate surface area is 145 Å². The molecular formula is C20H19NO4. The molecular weight excluding hydrogens is 318 g/mol. The first kappa shape index (κ1) is 16.8. The lowest BCUT2D eigenvalue weighted by Gasteiger charge is -2.22. The van der Waals surface area contributed by atoms with E-state index in [1.807, 2.05) is 48.5 Å². The average Bonchev–Trinajstić information content (AvgIpc) is 2.94. The van der Waals surface area contributed by atoms with E-state index in [2.05, 4.69) is 11.9 Å². The first-order valence-electron chi connectivity index (χ1n) is 7.96. The van der Waals surface area contributed by atoms with Gasteiger partial charge in [-0.1, -0.05) is 54.6 Å². The van der Waals surface area contributed by atoms with E-state index >= 15 is 0 Å². The van der Waals surface area contributed by atoms with Crippen molar-refractivity contribution in [3.63, 3.8) is 0 Å². The van der Waals surface area contributed by atoms with E-state index < -0.39 is 17.6 Å². The number of hydrogen-bond acceptors (Lipinski definition) is 3. The van der Waals surface area contributed by atoms with Crippen LogP contribution in [0.5, 0.6) is 0 Å². The zero-order chi connectivity index (χ0) is 18.0. The Hall–Kier alpha value is -3.08. The smallest absolute Gasteiger partial charge is 0.408 e. The van der Waals surface area contributed by atoms with Crippen molar-refractivity contribution < 1.29 is 19.4 Å². The predicted molar refractivity (Wildman–Crippen MR) is 94.4 cm³/mol. The topological polar surface area (TPSA) is 75.6 Å². The molecule has 1 aliphatic carbocycles. The molecule has 3 rings (SSSR count). The van der Waals surface area contributed by atoms with Gasteiger partial charge in [0.2, 0.25) is 0 Å². The van der Waals surface area contributed by atoms with Crippen molar-refractivity contribution in [3.8, 4) is 11.1 Å². The summed E-state index contributed by atoms with van der Waals surface area (Å²) in [7, 11) is 0. The van der Waals surface area contributed by atoms with Crippen molar-refractivity contribution in [2.24, 2.45) is 0 Å². The van der Waals surface area contributed by atoms with Crippen LogP contribution in [0.4, 0.5) is 4.79 Å². The fourth-order valence-corrected chi connectivity index (χ4v) is 3.04.